The molecule has 0 saturated heterocycles. The van der Waals surface area contributed by atoms with Crippen LogP contribution in [0.15, 0.2) is 158 Å². The van der Waals surface area contributed by atoms with Crippen LogP contribution in [-0.4, -0.2) is 65.8 Å². The van der Waals surface area contributed by atoms with Crippen molar-refractivity contribution in [3.8, 4) is 23.0 Å². The second kappa shape index (κ2) is 23.6. The molecule has 0 unspecified atom stereocenters. The molecule has 0 heterocycles. The SMILES string of the molecule is COc1ccc(C(CCCCCNCC(O)CNCCCCCC(c2ccccc2)(c2ccc(OC)cc2)c2ccc(OC)cc2)(c2ccccc2)c2ccc(OC)cc2)cc1. The van der Waals surface area contributed by atoms with Crippen LogP contribution < -0.4 is 29.6 Å². The zero-order chi connectivity index (χ0) is 43.5. The molecule has 6 aromatic carbocycles. The normalized spacial score (nSPS) is 11.7. The Hall–Kier alpha value is -5.60. The summed E-state index contributed by atoms with van der Waals surface area (Å²) in [6.07, 6.45) is 7.78. The minimum atomic E-state index is -0.443. The average Bonchev–Trinajstić information content (AvgIpc) is 3.34. The Labute approximate surface area is 370 Å². The summed E-state index contributed by atoms with van der Waals surface area (Å²) in [7, 11) is 6.84. The molecule has 6 aromatic rings. The number of unbranched alkanes of at least 4 members (excludes halogenated alkanes) is 4. The summed E-state index contributed by atoms with van der Waals surface area (Å²) in [6, 6.07) is 55.8. The summed E-state index contributed by atoms with van der Waals surface area (Å²) in [6.45, 7) is 2.88. The molecule has 7 nitrogen and oxygen atoms in total. The van der Waals surface area contributed by atoms with Gasteiger partial charge in [-0.2, -0.15) is 0 Å². The van der Waals surface area contributed by atoms with Crippen LogP contribution in [0.1, 0.15) is 84.7 Å². The smallest absolute Gasteiger partial charge is 0.118 e. The quantitative estimate of drug-likeness (QED) is 0.0371. The zero-order valence-electron chi connectivity index (χ0n) is 37.2. The van der Waals surface area contributed by atoms with Gasteiger partial charge in [0.2, 0.25) is 0 Å². The largest absolute Gasteiger partial charge is 0.497 e. The van der Waals surface area contributed by atoms with Crippen LogP contribution in [0.25, 0.3) is 0 Å². The van der Waals surface area contributed by atoms with E-state index in [-0.39, 0.29) is 10.8 Å². The lowest BCUT2D eigenvalue weighted by Gasteiger charge is -2.36. The average molecular weight is 835 g/mol. The Morgan fingerprint density at radius 2 is 0.645 bits per heavy atom. The molecule has 62 heavy (non-hydrogen) atoms. The van der Waals surface area contributed by atoms with Crippen LogP contribution in [0.4, 0.5) is 0 Å². The van der Waals surface area contributed by atoms with Gasteiger partial charge in [0.25, 0.3) is 0 Å². The number of nitrogens with one attached hydrogen (secondary N) is 2. The van der Waals surface area contributed by atoms with Gasteiger partial charge in [0.05, 0.1) is 34.5 Å². The van der Waals surface area contributed by atoms with Gasteiger partial charge in [-0.3, -0.25) is 0 Å². The molecule has 0 aliphatic heterocycles. The number of rotatable bonds is 26. The van der Waals surface area contributed by atoms with Crippen molar-refractivity contribution in [3.63, 3.8) is 0 Å². The maximum absolute atomic E-state index is 10.8. The molecule has 0 fully saturated rings. The molecule has 3 N–H and O–H groups in total. The molecule has 0 atom stereocenters. The Morgan fingerprint density at radius 1 is 0.371 bits per heavy atom. The third-order valence-electron chi connectivity index (χ3n) is 12.4. The van der Waals surface area contributed by atoms with E-state index in [9.17, 15) is 5.11 Å². The molecule has 7 heteroatoms. The molecule has 0 aromatic heterocycles. The van der Waals surface area contributed by atoms with E-state index in [4.69, 9.17) is 18.9 Å². The first-order valence-electron chi connectivity index (χ1n) is 22.3. The van der Waals surface area contributed by atoms with Gasteiger partial charge >= 0.3 is 0 Å². The first kappa shape index (κ1) is 45.9. The second-order valence-electron chi connectivity index (χ2n) is 16.1. The van der Waals surface area contributed by atoms with Crippen molar-refractivity contribution >= 4 is 0 Å². The van der Waals surface area contributed by atoms with Gasteiger partial charge in [0.1, 0.15) is 23.0 Å². The fourth-order valence-corrected chi connectivity index (χ4v) is 9.06. The lowest BCUT2D eigenvalue weighted by atomic mass is 9.66. The third kappa shape index (κ3) is 11.4. The predicted molar refractivity (Wildman–Crippen MR) is 253 cm³/mol. The second-order valence-corrected chi connectivity index (χ2v) is 16.1. The molecule has 326 valence electrons. The first-order valence-corrected chi connectivity index (χ1v) is 22.3. The van der Waals surface area contributed by atoms with E-state index in [1.54, 1.807) is 28.4 Å². The Kier molecular flexibility index (Phi) is 17.5. The summed E-state index contributed by atoms with van der Waals surface area (Å²) in [4.78, 5) is 0. The summed E-state index contributed by atoms with van der Waals surface area (Å²) in [5, 5.41) is 17.8. The highest BCUT2D eigenvalue weighted by Crippen LogP contribution is 2.46. The number of hydrogen-bond donors (Lipinski definition) is 3. The maximum atomic E-state index is 10.8. The van der Waals surface area contributed by atoms with Crippen LogP contribution in [-0.2, 0) is 10.8 Å². The third-order valence-corrected chi connectivity index (χ3v) is 12.4. The minimum Gasteiger partial charge on any atom is -0.497 e. The number of ether oxygens (including phenoxy) is 4. The van der Waals surface area contributed by atoms with Gasteiger partial charge in [0.15, 0.2) is 0 Å². The van der Waals surface area contributed by atoms with Crippen LogP contribution in [0.5, 0.6) is 23.0 Å². The van der Waals surface area contributed by atoms with Crippen LogP contribution in [0, 0.1) is 0 Å². The lowest BCUT2D eigenvalue weighted by molar-refractivity contribution is 0.168. The fraction of sp³-hybridized carbons (Fsp3) is 0.345. The molecule has 0 radical (unpaired) electrons. The molecule has 0 spiro atoms. The topological polar surface area (TPSA) is 81.2 Å². The Bertz CT molecular complexity index is 1890. The minimum absolute atomic E-state index is 0.326. The van der Waals surface area contributed by atoms with E-state index in [1.165, 1.54) is 33.4 Å². The Morgan fingerprint density at radius 3 is 0.919 bits per heavy atom. The summed E-state index contributed by atoms with van der Waals surface area (Å²) < 4.78 is 22.1. The van der Waals surface area contributed by atoms with Crippen molar-refractivity contribution in [2.75, 3.05) is 54.6 Å². The van der Waals surface area contributed by atoms with Gasteiger partial charge in [-0.05, 0) is 121 Å². The monoisotopic (exact) mass is 834 g/mol. The summed E-state index contributed by atoms with van der Waals surface area (Å²) in [5.74, 6) is 3.40. The van der Waals surface area contributed by atoms with E-state index in [1.807, 2.05) is 0 Å². The van der Waals surface area contributed by atoms with E-state index >= 15 is 0 Å². The molecule has 0 aliphatic carbocycles. The van der Waals surface area contributed by atoms with Gasteiger partial charge < -0.3 is 34.7 Å². The van der Waals surface area contributed by atoms with E-state index < -0.39 is 6.10 Å². The molecule has 0 amide bonds. The molecular weight excluding hydrogens is 769 g/mol. The molecule has 6 rings (SSSR count). The molecule has 0 aliphatic rings. The zero-order valence-corrected chi connectivity index (χ0v) is 37.2. The predicted octanol–water partition coefficient (Wildman–Crippen LogP) is 10.8. The van der Waals surface area contributed by atoms with Gasteiger partial charge in [-0.25, -0.2) is 0 Å². The fourth-order valence-electron chi connectivity index (χ4n) is 9.06. The van der Waals surface area contributed by atoms with Crippen molar-refractivity contribution < 1.29 is 24.1 Å². The highest BCUT2D eigenvalue weighted by Gasteiger charge is 2.37. The molecule has 0 bridgehead atoms. The van der Waals surface area contributed by atoms with Crippen LogP contribution in [0.2, 0.25) is 0 Å². The number of aliphatic hydroxyl groups is 1. The molecule has 0 saturated carbocycles. The van der Waals surface area contributed by atoms with E-state index in [0.29, 0.717) is 13.1 Å². The van der Waals surface area contributed by atoms with E-state index in [2.05, 4.69) is 168 Å². The highest BCUT2D eigenvalue weighted by molar-refractivity contribution is 5.54. The van der Waals surface area contributed by atoms with E-state index in [0.717, 1.165) is 87.5 Å². The van der Waals surface area contributed by atoms with Gasteiger partial charge in [-0.15, -0.1) is 0 Å². The van der Waals surface area contributed by atoms with Crippen molar-refractivity contribution in [1.82, 2.24) is 10.6 Å². The summed E-state index contributed by atoms with van der Waals surface area (Å²) in [5.41, 5.74) is 6.85. The van der Waals surface area contributed by atoms with Crippen molar-refractivity contribution in [1.29, 1.82) is 0 Å². The number of aliphatic hydroxyl groups excluding tert-OH is 1. The first-order chi connectivity index (χ1) is 30.5. The number of benzene rings is 6. The Balaban J connectivity index is 0.967. The van der Waals surface area contributed by atoms with Crippen molar-refractivity contribution in [3.05, 3.63) is 191 Å². The van der Waals surface area contributed by atoms with Crippen LogP contribution in [0.3, 0.4) is 0 Å². The highest BCUT2D eigenvalue weighted by atomic mass is 16.5. The van der Waals surface area contributed by atoms with Gasteiger partial charge in [0, 0.05) is 23.9 Å². The summed E-state index contributed by atoms with van der Waals surface area (Å²) >= 11 is 0. The van der Waals surface area contributed by atoms with Crippen LogP contribution >= 0.6 is 0 Å². The number of hydrogen-bond acceptors (Lipinski definition) is 7. The maximum Gasteiger partial charge on any atom is 0.118 e. The van der Waals surface area contributed by atoms with Gasteiger partial charge in [-0.1, -0.05) is 135 Å². The lowest BCUT2D eigenvalue weighted by Crippen LogP contribution is -2.36. The van der Waals surface area contributed by atoms with Crippen molar-refractivity contribution in [2.24, 2.45) is 0 Å². The standard InChI is InChI=1S/C55H66N2O5/c1-59-50-29-21-45(22-30-50)54(43-17-9-5-10-18-43,46-23-31-51(60-2)32-24-46)37-13-7-15-39-56-41-49(58)42-57-40-16-8-14-38-55(44-19-11-6-12-20-44,47-25-33-52(61-3)34-26-47)48-27-35-53(62-4)36-28-48/h5-6,9-12,17-36,49,56-58H,7-8,13-16,37-42H2,1-4H3. The number of methoxy groups -OCH3 is 4. The van der Waals surface area contributed by atoms with Crippen molar-refractivity contribution in [2.45, 2.75) is 68.3 Å². The molecular formula is C55H66N2O5.